The number of rotatable bonds is 5. The van der Waals surface area contributed by atoms with E-state index in [9.17, 15) is 18.0 Å². The number of hydrogen-bond donors (Lipinski definition) is 2. The van der Waals surface area contributed by atoms with Gasteiger partial charge >= 0.3 is 0 Å². The molecule has 0 aliphatic heterocycles. The Hall–Kier alpha value is -3.33. The second kappa shape index (κ2) is 7.35. The Kier molecular flexibility index (Phi) is 5.10. The lowest BCUT2D eigenvalue weighted by atomic mass is 10.1. The van der Waals surface area contributed by atoms with Crippen LogP contribution in [0.25, 0.3) is 10.9 Å². The highest BCUT2D eigenvalue weighted by Gasteiger charge is 2.18. The number of amides is 1. The number of anilines is 1. The molecular formula is C19H18N2O6S. The molecule has 9 heteroatoms. The molecule has 0 bridgehead atoms. The number of pyridine rings is 1. The maximum atomic E-state index is 12.7. The van der Waals surface area contributed by atoms with Gasteiger partial charge in [-0.25, -0.2) is 8.42 Å². The molecule has 0 spiro atoms. The van der Waals surface area contributed by atoms with Crippen LogP contribution in [0.2, 0.25) is 0 Å². The Balaban J connectivity index is 2.08. The average molecular weight is 402 g/mol. The Labute approximate surface area is 161 Å². The molecule has 3 rings (SSSR count). The van der Waals surface area contributed by atoms with Gasteiger partial charge in [-0.05, 0) is 12.1 Å². The van der Waals surface area contributed by atoms with Crippen LogP contribution in [0, 0.1) is 0 Å². The molecule has 0 radical (unpaired) electrons. The first kappa shape index (κ1) is 19.4. The normalized spacial score (nSPS) is 11.2. The van der Waals surface area contributed by atoms with E-state index in [-0.39, 0.29) is 21.7 Å². The highest BCUT2D eigenvalue weighted by molar-refractivity contribution is 7.90. The number of carbonyl (C=O) groups excluding carboxylic acids is 1. The minimum Gasteiger partial charge on any atom is -0.497 e. The number of para-hydroxylation sites is 1. The number of benzene rings is 2. The highest BCUT2D eigenvalue weighted by Crippen LogP contribution is 2.28. The zero-order valence-corrected chi connectivity index (χ0v) is 16.2. The molecule has 1 heterocycles. The van der Waals surface area contributed by atoms with Crippen molar-refractivity contribution in [3.05, 3.63) is 58.4 Å². The van der Waals surface area contributed by atoms with Crippen molar-refractivity contribution in [2.24, 2.45) is 0 Å². The van der Waals surface area contributed by atoms with E-state index in [1.54, 1.807) is 24.3 Å². The lowest BCUT2D eigenvalue weighted by molar-refractivity contribution is 0.102. The van der Waals surface area contributed by atoms with Gasteiger partial charge in [-0.1, -0.05) is 12.1 Å². The van der Waals surface area contributed by atoms with E-state index in [1.165, 1.54) is 26.4 Å². The standard InChI is InChI=1S/C19H18N2O6S/c1-26-11-8-13-18(16(9-11)27-2)15(22)10-14(20-13)19(23)21-12-6-4-5-7-17(12)28(3,24)25/h4-10H,1-3H3,(H,20,22)(H,21,23). The van der Waals surface area contributed by atoms with Gasteiger partial charge in [0.25, 0.3) is 5.91 Å². The smallest absolute Gasteiger partial charge is 0.272 e. The zero-order valence-electron chi connectivity index (χ0n) is 15.4. The Morgan fingerprint density at radius 2 is 1.79 bits per heavy atom. The Bertz CT molecular complexity index is 1230. The molecule has 0 saturated heterocycles. The van der Waals surface area contributed by atoms with Crippen LogP contribution >= 0.6 is 0 Å². The number of ether oxygens (including phenoxy) is 2. The number of aromatic amines is 1. The zero-order chi connectivity index (χ0) is 20.5. The van der Waals surface area contributed by atoms with E-state index in [4.69, 9.17) is 9.47 Å². The van der Waals surface area contributed by atoms with Crippen LogP contribution in [0.5, 0.6) is 11.5 Å². The van der Waals surface area contributed by atoms with Crippen molar-refractivity contribution in [3.63, 3.8) is 0 Å². The molecule has 146 valence electrons. The van der Waals surface area contributed by atoms with Crippen LogP contribution in [0.15, 0.2) is 52.2 Å². The Morgan fingerprint density at radius 1 is 1.07 bits per heavy atom. The fourth-order valence-electron chi connectivity index (χ4n) is 2.81. The third-order valence-corrected chi connectivity index (χ3v) is 5.26. The van der Waals surface area contributed by atoms with Gasteiger partial charge in [0, 0.05) is 24.5 Å². The first-order valence-corrected chi connectivity index (χ1v) is 10.0. The molecule has 8 nitrogen and oxygen atoms in total. The number of fused-ring (bicyclic) bond motifs is 1. The van der Waals surface area contributed by atoms with Crippen LogP contribution in [0.3, 0.4) is 0 Å². The fraction of sp³-hybridized carbons (Fsp3) is 0.158. The number of methoxy groups -OCH3 is 2. The number of sulfone groups is 1. The average Bonchev–Trinajstić information content (AvgIpc) is 2.66. The molecule has 2 N–H and O–H groups in total. The molecule has 0 saturated carbocycles. The summed E-state index contributed by atoms with van der Waals surface area (Å²) in [4.78, 5) is 28.1. The van der Waals surface area contributed by atoms with Crippen molar-refractivity contribution >= 4 is 32.3 Å². The summed E-state index contributed by atoms with van der Waals surface area (Å²) in [6, 6.07) is 10.3. The molecule has 28 heavy (non-hydrogen) atoms. The van der Waals surface area contributed by atoms with Crippen molar-refractivity contribution in [2.45, 2.75) is 4.90 Å². The lowest BCUT2D eigenvalue weighted by Gasteiger charge is -2.12. The van der Waals surface area contributed by atoms with Crippen LogP contribution in [0.4, 0.5) is 5.69 Å². The largest absolute Gasteiger partial charge is 0.497 e. The predicted octanol–water partition coefficient (Wildman–Crippen LogP) is 2.20. The maximum Gasteiger partial charge on any atom is 0.272 e. The molecule has 0 fully saturated rings. The highest BCUT2D eigenvalue weighted by atomic mass is 32.2. The number of hydrogen-bond acceptors (Lipinski definition) is 6. The topological polar surface area (TPSA) is 115 Å². The second-order valence-corrected chi connectivity index (χ2v) is 8.01. The number of H-pyrrole nitrogens is 1. The van der Waals surface area contributed by atoms with Gasteiger partial charge in [-0.3, -0.25) is 9.59 Å². The monoisotopic (exact) mass is 402 g/mol. The molecule has 2 aromatic carbocycles. The summed E-state index contributed by atoms with van der Waals surface area (Å²) >= 11 is 0. The molecule has 0 aliphatic carbocycles. The molecule has 0 atom stereocenters. The van der Waals surface area contributed by atoms with Crippen molar-refractivity contribution < 1.29 is 22.7 Å². The van der Waals surface area contributed by atoms with Crippen molar-refractivity contribution in [3.8, 4) is 11.5 Å². The summed E-state index contributed by atoms with van der Waals surface area (Å²) in [7, 11) is -0.645. The second-order valence-electron chi connectivity index (χ2n) is 6.02. The van der Waals surface area contributed by atoms with Gasteiger partial charge < -0.3 is 19.8 Å². The van der Waals surface area contributed by atoms with E-state index < -0.39 is 21.2 Å². The molecule has 1 amide bonds. The SMILES string of the molecule is COc1cc(OC)c2c(=O)cc(C(=O)Nc3ccccc3S(C)(=O)=O)[nH]c2c1. The molecule has 3 aromatic rings. The Morgan fingerprint density at radius 3 is 2.43 bits per heavy atom. The van der Waals surface area contributed by atoms with Crippen molar-refractivity contribution in [1.82, 2.24) is 4.98 Å². The van der Waals surface area contributed by atoms with Gasteiger partial charge in [-0.2, -0.15) is 0 Å². The first-order chi connectivity index (χ1) is 13.2. The molecule has 0 aliphatic rings. The molecule has 0 unspecified atom stereocenters. The van der Waals surface area contributed by atoms with Gasteiger partial charge in [-0.15, -0.1) is 0 Å². The summed E-state index contributed by atoms with van der Waals surface area (Å²) in [5.41, 5.74) is 0.0235. The van der Waals surface area contributed by atoms with Crippen LogP contribution in [-0.2, 0) is 9.84 Å². The van der Waals surface area contributed by atoms with Crippen LogP contribution < -0.4 is 20.2 Å². The summed E-state index contributed by atoms with van der Waals surface area (Å²) in [5.74, 6) is 0.0989. The van der Waals surface area contributed by atoms with Gasteiger partial charge in [0.2, 0.25) is 0 Å². The van der Waals surface area contributed by atoms with Crippen LogP contribution in [0.1, 0.15) is 10.5 Å². The van der Waals surface area contributed by atoms with E-state index in [0.29, 0.717) is 17.0 Å². The summed E-state index contributed by atoms with van der Waals surface area (Å²) in [6.45, 7) is 0. The lowest BCUT2D eigenvalue weighted by Crippen LogP contribution is -2.18. The summed E-state index contributed by atoms with van der Waals surface area (Å²) < 4.78 is 34.2. The third-order valence-electron chi connectivity index (χ3n) is 4.10. The van der Waals surface area contributed by atoms with Gasteiger partial charge in [0.1, 0.15) is 17.2 Å². The number of nitrogens with one attached hydrogen (secondary N) is 2. The van der Waals surface area contributed by atoms with E-state index >= 15 is 0 Å². The fourth-order valence-corrected chi connectivity index (χ4v) is 3.66. The summed E-state index contributed by atoms with van der Waals surface area (Å²) in [6.07, 6.45) is 1.05. The molecule has 1 aromatic heterocycles. The minimum atomic E-state index is -3.54. The third kappa shape index (κ3) is 3.70. The van der Waals surface area contributed by atoms with E-state index in [1.807, 2.05) is 0 Å². The van der Waals surface area contributed by atoms with Crippen molar-refractivity contribution in [2.75, 3.05) is 25.8 Å². The quantitative estimate of drug-likeness (QED) is 0.676. The van der Waals surface area contributed by atoms with E-state index in [0.717, 1.165) is 12.3 Å². The van der Waals surface area contributed by atoms with Crippen molar-refractivity contribution in [1.29, 1.82) is 0 Å². The van der Waals surface area contributed by atoms with Gasteiger partial charge in [0.05, 0.1) is 35.7 Å². The van der Waals surface area contributed by atoms with E-state index in [2.05, 4.69) is 10.3 Å². The molecular weight excluding hydrogens is 384 g/mol. The van der Waals surface area contributed by atoms with Crippen LogP contribution in [-0.4, -0.2) is 39.8 Å². The summed E-state index contributed by atoms with van der Waals surface area (Å²) in [5, 5.41) is 2.81. The number of carbonyl (C=O) groups is 1. The van der Waals surface area contributed by atoms with Gasteiger partial charge in [0.15, 0.2) is 15.3 Å². The first-order valence-electron chi connectivity index (χ1n) is 8.14. The predicted molar refractivity (Wildman–Crippen MR) is 105 cm³/mol. The maximum absolute atomic E-state index is 12.7. The number of aromatic nitrogens is 1. The minimum absolute atomic E-state index is 0.0187.